The van der Waals surface area contributed by atoms with E-state index in [9.17, 15) is 4.79 Å². The molecule has 0 aliphatic carbocycles. The van der Waals surface area contributed by atoms with Crippen molar-refractivity contribution >= 4 is 29.0 Å². The van der Waals surface area contributed by atoms with E-state index in [2.05, 4.69) is 27.0 Å². The van der Waals surface area contributed by atoms with Gasteiger partial charge in [-0.3, -0.25) is 4.79 Å². The predicted octanol–water partition coefficient (Wildman–Crippen LogP) is 4.61. The Labute approximate surface area is 156 Å². The predicted molar refractivity (Wildman–Crippen MR) is 102 cm³/mol. The van der Waals surface area contributed by atoms with Gasteiger partial charge in [0.2, 0.25) is 0 Å². The molecule has 0 saturated carbocycles. The number of amides is 1. The van der Waals surface area contributed by atoms with Gasteiger partial charge in [-0.15, -0.1) is 5.10 Å². The Kier molecular flexibility index (Phi) is 5.79. The topological polar surface area (TPSA) is 54.9 Å². The van der Waals surface area contributed by atoms with E-state index in [-0.39, 0.29) is 11.9 Å². The number of carbonyl (C=O) groups is 1. The molecule has 25 heavy (non-hydrogen) atoms. The quantitative estimate of drug-likeness (QED) is 0.688. The van der Waals surface area contributed by atoms with E-state index in [1.54, 1.807) is 12.1 Å². The van der Waals surface area contributed by atoms with Crippen molar-refractivity contribution in [3.05, 3.63) is 70.1 Å². The number of benzene rings is 2. The first-order chi connectivity index (χ1) is 12.1. The van der Waals surface area contributed by atoms with Crippen LogP contribution in [0.2, 0.25) is 5.02 Å². The van der Waals surface area contributed by atoms with Crippen molar-refractivity contribution < 1.29 is 4.79 Å². The normalized spacial score (nSPS) is 11.9. The Morgan fingerprint density at radius 3 is 2.60 bits per heavy atom. The summed E-state index contributed by atoms with van der Waals surface area (Å²) in [6, 6.07) is 17.6. The summed E-state index contributed by atoms with van der Waals surface area (Å²) in [5, 5.41) is 7.79. The first-order valence-corrected chi connectivity index (χ1v) is 9.21. The third kappa shape index (κ3) is 4.65. The molecule has 2 aromatic carbocycles. The number of nitrogens with zero attached hydrogens (tertiary/aromatic N) is 2. The molecule has 1 heterocycles. The molecule has 3 rings (SSSR count). The molecule has 0 saturated heterocycles. The fourth-order valence-corrected chi connectivity index (χ4v) is 3.24. The van der Waals surface area contributed by atoms with Gasteiger partial charge in [0.25, 0.3) is 5.91 Å². The lowest BCUT2D eigenvalue weighted by Gasteiger charge is -2.13. The van der Waals surface area contributed by atoms with Gasteiger partial charge in [-0.1, -0.05) is 58.6 Å². The van der Waals surface area contributed by atoms with E-state index >= 15 is 0 Å². The molecule has 3 aromatic rings. The molecular weight excluding hydrogens is 354 g/mol. The van der Waals surface area contributed by atoms with Crippen LogP contribution in [0.15, 0.2) is 54.6 Å². The van der Waals surface area contributed by atoms with Crippen LogP contribution in [0.25, 0.3) is 11.3 Å². The van der Waals surface area contributed by atoms with Crippen LogP contribution >= 0.6 is 23.1 Å². The van der Waals surface area contributed by atoms with Gasteiger partial charge in [-0.2, -0.15) is 0 Å². The van der Waals surface area contributed by atoms with Gasteiger partial charge in [0.1, 0.15) is 10.6 Å². The first kappa shape index (κ1) is 17.6. The van der Waals surface area contributed by atoms with E-state index < -0.39 is 0 Å². The highest BCUT2D eigenvalue weighted by atomic mass is 35.5. The Hall–Kier alpha value is -2.24. The van der Waals surface area contributed by atoms with Crippen molar-refractivity contribution in [3.63, 3.8) is 0 Å². The molecule has 0 aliphatic rings. The number of halogens is 1. The van der Waals surface area contributed by atoms with E-state index in [0.29, 0.717) is 15.6 Å². The standard InChI is InChI=1S/C19H18ClN3OS/c1-13(7-8-14-5-3-2-4-6-14)21-19(24)18-17(22-23-25-18)15-9-11-16(20)12-10-15/h2-6,9-13H,7-8H2,1H3,(H,21,24)/t13-/m1/s1. The number of aryl methyl sites for hydroxylation is 1. The van der Waals surface area contributed by atoms with E-state index in [1.165, 1.54) is 5.56 Å². The molecular formula is C19H18ClN3OS. The van der Waals surface area contributed by atoms with Gasteiger partial charge in [0, 0.05) is 16.6 Å². The molecule has 128 valence electrons. The van der Waals surface area contributed by atoms with Gasteiger partial charge in [0.15, 0.2) is 0 Å². The van der Waals surface area contributed by atoms with E-state index in [4.69, 9.17) is 11.6 Å². The van der Waals surface area contributed by atoms with Gasteiger partial charge < -0.3 is 5.32 Å². The van der Waals surface area contributed by atoms with Gasteiger partial charge in [-0.05, 0) is 49.0 Å². The summed E-state index contributed by atoms with van der Waals surface area (Å²) < 4.78 is 3.94. The van der Waals surface area contributed by atoms with Crippen LogP contribution in [0.4, 0.5) is 0 Å². The summed E-state index contributed by atoms with van der Waals surface area (Å²) in [5.41, 5.74) is 2.69. The third-order valence-electron chi connectivity index (χ3n) is 3.90. The Balaban J connectivity index is 1.63. The zero-order valence-electron chi connectivity index (χ0n) is 13.8. The second kappa shape index (κ2) is 8.23. The van der Waals surface area contributed by atoms with Crippen LogP contribution < -0.4 is 5.32 Å². The summed E-state index contributed by atoms with van der Waals surface area (Å²) in [6.45, 7) is 2.01. The molecule has 0 bridgehead atoms. The minimum Gasteiger partial charge on any atom is -0.349 e. The monoisotopic (exact) mass is 371 g/mol. The second-order valence-electron chi connectivity index (χ2n) is 5.86. The van der Waals surface area contributed by atoms with Gasteiger partial charge in [0.05, 0.1) is 0 Å². The van der Waals surface area contributed by atoms with Crippen molar-refractivity contribution in [2.75, 3.05) is 0 Å². The summed E-state index contributed by atoms with van der Waals surface area (Å²) in [4.78, 5) is 13.1. The molecule has 0 fully saturated rings. The summed E-state index contributed by atoms with van der Waals surface area (Å²) >= 11 is 7.02. The summed E-state index contributed by atoms with van der Waals surface area (Å²) in [6.07, 6.45) is 1.80. The van der Waals surface area contributed by atoms with Crippen LogP contribution in [0.3, 0.4) is 0 Å². The average molecular weight is 372 g/mol. The first-order valence-electron chi connectivity index (χ1n) is 8.06. The Bertz CT molecular complexity index is 833. The second-order valence-corrected chi connectivity index (χ2v) is 7.05. The SMILES string of the molecule is C[C@H](CCc1ccccc1)NC(=O)c1snnc1-c1ccc(Cl)cc1. The zero-order valence-corrected chi connectivity index (χ0v) is 15.3. The molecule has 1 N–H and O–H groups in total. The van der Waals surface area contributed by atoms with Crippen LogP contribution in [0, 0.1) is 0 Å². The maximum atomic E-state index is 12.6. The molecule has 1 amide bonds. The number of nitrogens with one attached hydrogen (secondary N) is 1. The number of hydrogen-bond acceptors (Lipinski definition) is 4. The number of hydrogen-bond donors (Lipinski definition) is 1. The summed E-state index contributed by atoms with van der Waals surface area (Å²) in [5.74, 6) is -0.138. The molecule has 1 aromatic heterocycles. The van der Waals surface area contributed by atoms with E-state index in [1.807, 2.05) is 37.3 Å². The van der Waals surface area contributed by atoms with E-state index in [0.717, 1.165) is 29.9 Å². The fraction of sp³-hybridized carbons (Fsp3) is 0.211. The maximum Gasteiger partial charge on any atom is 0.265 e. The smallest absolute Gasteiger partial charge is 0.265 e. The minimum atomic E-state index is -0.138. The fourth-order valence-electron chi connectivity index (χ4n) is 2.53. The lowest BCUT2D eigenvalue weighted by molar-refractivity contribution is 0.0943. The van der Waals surface area contributed by atoms with Gasteiger partial charge >= 0.3 is 0 Å². The highest BCUT2D eigenvalue weighted by Gasteiger charge is 2.19. The van der Waals surface area contributed by atoms with Gasteiger partial charge in [-0.25, -0.2) is 0 Å². The highest BCUT2D eigenvalue weighted by molar-refractivity contribution is 7.08. The lowest BCUT2D eigenvalue weighted by atomic mass is 10.1. The van der Waals surface area contributed by atoms with Crippen LogP contribution in [-0.4, -0.2) is 21.5 Å². The van der Waals surface area contributed by atoms with Crippen molar-refractivity contribution in [2.24, 2.45) is 0 Å². The van der Waals surface area contributed by atoms with Crippen molar-refractivity contribution in [1.82, 2.24) is 14.9 Å². The average Bonchev–Trinajstić information content (AvgIpc) is 3.11. The van der Waals surface area contributed by atoms with Crippen molar-refractivity contribution in [1.29, 1.82) is 0 Å². The van der Waals surface area contributed by atoms with Crippen LogP contribution in [-0.2, 0) is 6.42 Å². The lowest BCUT2D eigenvalue weighted by Crippen LogP contribution is -2.32. The highest BCUT2D eigenvalue weighted by Crippen LogP contribution is 2.25. The number of carbonyl (C=O) groups excluding carboxylic acids is 1. The largest absolute Gasteiger partial charge is 0.349 e. The Morgan fingerprint density at radius 1 is 1.16 bits per heavy atom. The molecule has 4 nitrogen and oxygen atoms in total. The third-order valence-corrected chi connectivity index (χ3v) is 4.87. The molecule has 1 atom stereocenters. The van der Waals surface area contributed by atoms with Crippen molar-refractivity contribution in [2.45, 2.75) is 25.8 Å². The number of aromatic nitrogens is 2. The van der Waals surface area contributed by atoms with Crippen LogP contribution in [0.5, 0.6) is 0 Å². The minimum absolute atomic E-state index is 0.0628. The molecule has 6 heteroatoms. The van der Waals surface area contributed by atoms with Crippen LogP contribution in [0.1, 0.15) is 28.6 Å². The molecule has 0 radical (unpaired) electrons. The molecule has 0 spiro atoms. The molecule has 0 unspecified atom stereocenters. The summed E-state index contributed by atoms with van der Waals surface area (Å²) in [7, 11) is 0. The molecule has 0 aliphatic heterocycles. The Morgan fingerprint density at radius 2 is 1.88 bits per heavy atom. The maximum absolute atomic E-state index is 12.6. The number of rotatable bonds is 6. The zero-order chi connectivity index (χ0) is 17.6. The van der Waals surface area contributed by atoms with Crippen molar-refractivity contribution in [3.8, 4) is 11.3 Å².